The highest BCUT2D eigenvalue weighted by Gasteiger charge is 2.12. The Morgan fingerprint density at radius 1 is 0.625 bits per heavy atom. The minimum absolute atomic E-state index is 0.303. The van der Waals surface area contributed by atoms with Crippen molar-refractivity contribution >= 4 is 0 Å². The van der Waals surface area contributed by atoms with Crippen LogP contribution in [0.25, 0.3) is 0 Å². The first-order valence-corrected chi connectivity index (χ1v) is 9.75. The summed E-state index contributed by atoms with van der Waals surface area (Å²) in [5.41, 5.74) is 2.70. The van der Waals surface area contributed by atoms with E-state index < -0.39 is 0 Å². The van der Waals surface area contributed by atoms with E-state index in [1.165, 1.54) is 62.5 Å². The van der Waals surface area contributed by atoms with Crippen molar-refractivity contribution in [2.45, 2.75) is 64.3 Å². The fourth-order valence-electron chi connectivity index (χ4n) is 3.22. The minimum atomic E-state index is 0.303. The third-order valence-corrected chi connectivity index (χ3v) is 4.64. The Hall–Kier alpha value is -1.60. The van der Waals surface area contributed by atoms with Gasteiger partial charge in [0.25, 0.3) is 0 Å². The molecule has 1 N–H and O–H groups in total. The lowest BCUT2D eigenvalue weighted by molar-refractivity contribution is 0.534. The maximum Gasteiger partial charge on any atom is 0.0576 e. The average molecular weight is 324 g/mol. The zero-order valence-electron chi connectivity index (χ0n) is 15.2. The van der Waals surface area contributed by atoms with Gasteiger partial charge in [-0.2, -0.15) is 0 Å². The fraction of sp³-hybridized carbons (Fsp3) is 0.478. The van der Waals surface area contributed by atoms with Gasteiger partial charge in [0, 0.05) is 0 Å². The second-order valence-corrected chi connectivity index (χ2v) is 6.68. The Bertz CT molecular complexity index is 481. The number of benzene rings is 2. The first kappa shape index (κ1) is 18.7. The summed E-state index contributed by atoms with van der Waals surface area (Å²) in [6.07, 6.45) is 11.0. The van der Waals surface area contributed by atoms with Gasteiger partial charge in [-0.25, -0.2) is 0 Å². The zero-order valence-corrected chi connectivity index (χ0v) is 15.2. The summed E-state index contributed by atoms with van der Waals surface area (Å²) in [4.78, 5) is 0. The molecule has 0 aliphatic rings. The molecule has 1 heteroatoms. The molecule has 0 aliphatic carbocycles. The highest BCUT2D eigenvalue weighted by atomic mass is 14.9. The number of hydrogen-bond donors (Lipinski definition) is 1. The van der Waals surface area contributed by atoms with E-state index in [9.17, 15) is 0 Å². The molecule has 0 heterocycles. The van der Waals surface area contributed by atoms with E-state index in [0.29, 0.717) is 6.04 Å². The van der Waals surface area contributed by atoms with E-state index >= 15 is 0 Å². The summed E-state index contributed by atoms with van der Waals surface area (Å²) in [5.74, 6) is 0. The van der Waals surface area contributed by atoms with Gasteiger partial charge in [0.05, 0.1) is 6.04 Å². The standard InChI is InChI=1S/C23H33N/c1-2-3-4-5-6-7-8-15-20-24-23(21-16-11-9-12-17-21)22-18-13-10-14-19-22/h9-14,16-19,23-24H,2-8,15,20H2,1H3. The number of rotatable bonds is 12. The van der Waals surface area contributed by atoms with Crippen LogP contribution in [0.3, 0.4) is 0 Å². The number of unbranched alkanes of at least 4 members (excludes halogenated alkanes) is 7. The van der Waals surface area contributed by atoms with Crippen molar-refractivity contribution in [1.29, 1.82) is 0 Å². The lowest BCUT2D eigenvalue weighted by Crippen LogP contribution is -2.23. The quantitative estimate of drug-likeness (QED) is 0.439. The number of hydrogen-bond acceptors (Lipinski definition) is 1. The molecule has 0 fully saturated rings. The molecular formula is C23H33N. The molecule has 1 nitrogen and oxygen atoms in total. The normalized spacial score (nSPS) is 11.1. The second-order valence-electron chi connectivity index (χ2n) is 6.68. The van der Waals surface area contributed by atoms with E-state index in [2.05, 4.69) is 72.9 Å². The molecular weight excluding hydrogens is 290 g/mol. The minimum Gasteiger partial charge on any atom is -0.306 e. The van der Waals surface area contributed by atoms with Gasteiger partial charge >= 0.3 is 0 Å². The van der Waals surface area contributed by atoms with Crippen molar-refractivity contribution in [3.8, 4) is 0 Å². The van der Waals surface area contributed by atoms with E-state index in [0.717, 1.165) is 6.54 Å². The van der Waals surface area contributed by atoms with Gasteiger partial charge in [0.2, 0.25) is 0 Å². The van der Waals surface area contributed by atoms with Crippen molar-refractivity contribution in [2.24, 2.45) is 0 Å². The molecule has 0 saturated heterocycles. The third-order valence-electron chi connectivity index (χ3n) is 4.64. The molecule has 130 valence electrons. The molecule has 0 bridgehead atoms. The molecule has 0 unspecified atom stereocenters. The molecule has 0 aromatic heterocycles. The van der Waals surface area contributed by atoms with Crippen LogP contribution in [0, 0.1) is 0 Å². The Morgan fingerprint density at radius 3 is 1.58 bits per heavy atom. The summed E-state index contributed by atoms with van der Waals surface area (Å²) in [6.45, 7) is 3.37. The van der Waals surface area contributed by atoms with E-state index in [-0.39, 0.29) is 0 Å². The molecule has 0 amide bonds. The van der Waals surface area contributed by atoms with Gasteiger partial charge in [-0.15, -0.1) is 0 Å². The van der Waals surface area contributed by atoms with Gasteiger partial charge in [0.1, 0.15) is 0 Å². The number of nitrogens with one attached hydrogen (secondary N) is 1. The monoisotopic (exact) mass is 323 g/mol. The van der Waals surface area contributed by atoms with E-state index in [1.807, 2.05) is 0 Å². The van der Waals surface area contributed by atoms with Crippen LogP contribution in [-0.4, -0.2) is 6.54 Å². The molecule has 2 aromatic rings. The van der Waals surface area contributed by atoms with Gasteiger partial charge in [-0.3, -0.25) is 0 Å². The Balaban J connectivity index is 1.74. The Labute approximate surface area is 148 Å². The second kappa shape index (κ2) is 11.9. The van der Waals surface area contributed by atoms with Crippen LogP contribution < -0.4 is 5.32 Å². The van der Waals surface area contributed by atoms with Crippen LogP contribution >= 0.6 is 0 Å². The Kier molecular flexibility index (Phi) is 9.26. The lowest BCUT2D eigenvalue weighted by atomic mass is 9.98. The third kappa shape index (κ3) is 6.88. The summed E-state index contributed by atoms with van der Waals surface area (Å²) >= 11 is 0. The summed E-state index contributed by atoms with van der Waals surface area (Å²) < 4.78 is 0. The van der Waals surface area contributed by atoms with E-state index in [1.54, 1.807) is 0 Å². The van der Waals surface area contributed by atoms with Gasteiger partial charge in [-0.1, -0.05) is 113 Å². The van der Waals surface area contributed by atoms with Crippen LogP contribution in [0.15, 0.2) is 60.7 Å². The predicted octanol–water partition coefficient (Wildman–Crippen LogP) is 6.51. The summed E-state index contributed by atoms with van der Waals surface area (Å²) in [5, 5.41) is 3.76. The van der Waals surface area contributed by atoms with Crippen LogP contribution in [0.2, 0.25) is 0 Å². The molecule has 0 aliphatic heterocycles. The highest BCUT2D eigenvalue weighted by Crippen LogP contribution is 2.21. The van der Waals surface area contributed by atoms with Crippen LogP contribution in [0.4, 0.5) is 0 Å². The molecule has 24 heavy (non-hydrogen) atoms. The molecule has 2 aromatic carbocycles. The zero-order chi connectivity index (χ0) is 16.9. The predicted molar refractivity (Wildman–Crippen MR) is 105 cm³/mol. The Morgan fingerprint density at radius 2 is 1.08 bits per heavy atom. The molecule has 0 saturated carbocycles. The first-order valence-electron chi connectivity index (χ1n) is 9.75. The van der Waals surface area contributed by atoms with Crippen LogP contribution in [0.5, 0.6) is 0 Å². The summed E-state index contributed by atoms with van der Waals surface area (Å²) in [7, 11) is 0. The van der Waals surface area contributed by atoms with Crippen molar-refractivity contribution in [1.82, 2.24) is 5.32 Å². The van der Waals surface area contributed by atoms with Crippen molar-refractivity contribution in [3.05, 3.63) is 71.8 Å². The summed E-state index contributed by atoms with van der Waals surface area (Å²) in [6, 6.07) is 21.9. The van der Waals surface area contributed by atoms with E-state index in [4.69, 9.17) is 0 Å². The van der Waals surface area contributed by atoms with Gasteiger partial charge in [0.15, 0.2) is 0 Å². The maximum atomic E-state index is 3.76. The van der Waals surface area contributed by atoms with Crippen LogP contribution in [0.1, 0.15) is 75.5 Å². The maximum absolute atomic E-state index is 3.76. The van der Waals surface area contributed by atoms with Crippen LogP contribution in [-0.2, 0) is 0 Å². The molecule has 0 radical (unpaired) electrons. The van der Waals surface area contributed by atoms with Crippen molar-refractivity contribution < 1.29 is 0 Å². The smallest absolute Gasteiger partial charge is 0.0576 e. The van der Waals surface area contributed by atoms with Crippen molar-refractivity contribution in [2.75, 3.05) is 6.54 Å². The highest BCUT2D eigenvalue weighted by molar-refractivity contribution is 5.31. The van der Waals surface area contributed by atoms with Gasteiger partial charge < -0.3 is 5.32 Å². The topological polar surface area (TPSA) is 12.0 Å². The largest absolute Gasteiger partial charge is 0.306 e. The van der Waals surface area contributed by atoms with Crippen molar-refractivity contribution in [3.63, 3.8) is 0 Å². The fourth-order valence-corrected chi connectivity index (χ4v) is 3.22. The first-order chi connectivity index (χ1) is 11.9. The van der Waals surface area contributed by atoms with Gasteiger partial charge in [-0.05, 0) is 24.1 Å². The molecule has 0 atom stereocenters. The lowest BCUT2D eigenvalue weighted by Gasteiger charge is -2.20. The average Bonchev–Trinajstić information content (AvgIpc) is 2.65. The molecule has 2 rings (SSSR count). The SMILES string of the molecule is CCCCCCCCCCNC(c1ccccc1)c1ccccc1. The molecule has 0 spiro atoms.